The summed E-state index contributed by atoms with van der Waals surface area (Å²) in [4.78, 5) is 14.5. The molecule has 9 nitrogen and oxygen atoms in total. The number of nitrogens with one attached hydrogen (secondary N) is 1. The molecule has 0 spiro atoms. The van der Waals surface area contributed by atoms with Crippen LogP contribution in [0.25, 0.3) is 0 Å². The number of carbonyl (C=O) groups is 1. The number of rotatable bonds is 7. The Morgan fingerprint density at radius 3 is 2.52 bits per heavy atom. The van der Waals surface area contributed by atoms with Crippen LogP contribution in [-0.2, 0) is 21.4 Å². The summed E-state index contributed by atoms with van der Waals surface area (Å²) in [5.41, 5.74) is 0.716. The lowest BCUT2D eigenvalue weighted by Gasteiger charge is -2.32. The number of carbonyl (C=O) groups excluding carboxylic acids is 1. The Balaban J connectivity index is 1.42. The molecule has 0 aromatic heterocycles. The Kier molecular flexibility index (Phi) is 6.94. The smallest absolute Gasteiger partial charge is 0.267 e. The molecule has 1 atom stereocenters. The standard InChI is InChI=1S/C23H28N2O7S/c1-29-18-8-6-16(12-20(18)30-2)14-24-33(27,28)17-7-9-19-21(13-17)31-15-22(32-19)23(26)25-10-4-3-5-11-25/h6-9,12-13,22,24H,3-5,10-11,14-15H2,1-2H3. The van der Waals surface area contributed by atoms with E-state index in [0.717, 1.165) is 32.4 Å². The largest absolute Gasteiger partial charge is 0.493 e. The van der Waals surface area contributed by atoms with E-state index in [1.54, 1.807) is 23.1 Å². The van der Waals surface area contributed by atoms with E-state index in [2.05, 4.69) is 4.72 Å². The van der Waals surface area contributed by atoms with Crippen molar-refractivity contribution >= 4 is 15.9 Å². The average molecular weight is 477 g/mol. The fourth-order valence-electron chi connectivity index (χ4n) is 3.91. The summed E-state index contributed by atoms with van der Waals surface area (Å²) < 4.78 is 50.2. The van der Waals surface area contributed by atoms with Gasteiger partial charge in [-0.3, -0.25) is 4.79 Å². The van der Waals surface area contributed by atoms with E-state index in [1.165, 1.54) is 32.4 Å². The molecule has 2 aliphatic heterocycles. The van der Waals surface area contributed by atoms with Gasteiger partial charge in [0, 0.05) is 25.7 Å². The molecule has 1 unspecified atom stereocenters. The Morgan fingerprint density at radius 1 is 1.03 bits per heavy atom. The number of likely N-dealkylation sites (tertiary alicyclic amines) is 1. The highest BCUT2D eigenvalue weighted by Crippen LogP contribution is 2.34. The van der Waals surface area contributed by atoms with Crippen LogP contribution < -0.4 is 23.7 Å². The second-order valence-electron chi connectivity index (χ2n) is 7.93. The van der Waals surface area contributed by atoms with Crippen molar-refractivity contribution in [3.8, 4) is 23.0 Å². The normalized spacial score (nSPS) is 18.0. The fourth-order valence-corrected chi connectivity index (χ4v) is 4.94. The van der Waals surface area contributed by atoms with Crippen LogP contribution in [0.3, 0.4) is 0 Å². The summed E-state index contributed by atoms with van der Waals surface area (Å²) in [5.74, 6) is 1.64. The van der Waals surface area contributed by atoms with Crippen molar-refractivity contribution in [2.45, 2.75) is 36.8 Å². The predicted molar refractivity (Wildman–Crippen MR) is 120 cm³/mol. The zero-order valence-electron chi connectivity index (χ0n) is 18.7. The van der Waals surface area contributed by atoms with Crippen LogP contribution in [0.4, 0.5) is 0 Å². The molecule has 10 heteroatoms. The maximum atomic E-state index is 12.8. The Labute approximate surface area is 193 Å². The molecular weight excluding hydrogens is 448 g/mol. The van der Waals surface area contributed by atoms with Crippen molar-refractivity contribution < 1.29 is 32.2 Å². The Bertz CT molecular complexity index is 1110. The molecule has 1 amide bonds. The predicted octanol–water partition coefficient (Wildman–Crippen LogP) is 2.33. The first-order valence-electron chi connectivity index (χ1n) is 10.8. The highest BCUT2D eigenvalue weighted by Gasteiger charge is 2.32. The molecule has 0 saturated carbocycles. The second kappa shape index (κ2) is 9.88. The monoisotopic (exact) mass is 476 g/mol. The summed E-state index contributed by atoms with van der Waals surface area (Å²) in [6.45, 7) is 1.58. The van der Waals surface area contributed by atoms with E-state index < -0.39 is 16.1 Å². The Hall–Kier alpha value is -2.98. The van der Waals surface area contributed by atoms with E-state index in [4.69, 9.17) is 18.9 Å². The molecule has 1 N–H and O–H groups in total. The van der Waals surface area contributed by atoms with E-state index in [9.17, 15) is 13.2 Å². The van der Waals surface area contributed by atoms with Gasteiger partial charge in [-0.15, -0.1) is 0 Å². The highest BCUT2D eigenvalue weighted by atomic mass is 32.2. The second-order valence-corrected chi connectivity index (χ2v) is 9.69. The minimum Gasteiger partial charge on any atom is -0.493 e. The van der Waals surface area contributed by atoms with Crippen molar-refractivity contribution in [1.29, 1.82) is 0 Å². The van der Waals surface area contributed by atoms with Gasteiger partial charge in [-0.2, -0.15) is 0 Å². The van der Waals surface area contributed by atoms with Gasteiger partial charge in [0.25, 0.3) is 5.91 Å². The first kappa shape index (κ1) is 23.2. The van der Waals surface area contributed by atoms with Crippen molar-refractivity contribution in [1.82, 2.24) is 9.62 Å². The maximum Gasteiger partial charge on any atom is 0.267 e. The number of fused-ring (bicyclic) bond motifs is 1. The van der Waals surface area contributed by atoms with Gasteiger partial charge in [0.1, 0.15) is 6.61 Å². The number of benzene rings is 2. The molecule has 0 aliphatic carbocycles. The number of amides is 1. The van der Waals surface area contributed by atoms with Crippen molar-refractivity contribution in [2.24, 2.45) is 0 Å². The van der Waals surface area contributed by atoms with Gasteiger partial charge in [0.05, 0.1) is 19.1 Å². The summed E-state index contributed by atoms with van der Waals surface area (Å²) >= 11 is 0. The summed E-state index contributed by atoms with van der Waals surface area (Å²) in [5, 5.41) is 0. The quantitative estimate of drug-likeness (QED) is 0.654. The molecule has 2 aliphatic rings. The first-order valence-corrected chi connectivity index (χ1v) is 12.3. The van der Waals surface area contributed by atoms with Gasteiger partial charge in [-0.25, -0.2) is 13.1 Å². The molecule has 1 fully saturated rings. The van der Waals surface area contributed by atoms with Crippen molar-refractivity contribution in [3.63, 3.8) is 0 Å². The number of nitrogens with zero attached hydrogens (tertiary/aromatic N) is 1. The highest BCUT2D eigenvalue weighted by molar-refractivity contribution is 7.89. The van der Waals surface area contributed by atoms with Gasteiger partial charge in [-0.1, -0.05) is 6.07 Å². The van der Waals surface area contributed by atoms with Gasteiger partial charge >= 0.3 is 0 Å². The number of piperidine rings is 1. The van der Waals surface area contributed by atoms with Crippen LogP contribution in [0.1, 0.15) is 24.8 Å². The Morgan fingerprint density at radius 2 is 1.79 bits per heavy atom. The number of hydrogen-bond donors (Lipinski definition) is 1. The summed E-state index contributed by atoms with van der Waals surface area (Å²) in [6, 6.07) is 9.56. The van der Waals surface area contributed by atoms with Crippen LogP contribution >= 0.6 is 0 Å². The van der Waals surface area contributed by atoms with E-state index in [0.29, 0.717) is 28.6 Å². The van der Waals surface area contributed by atoms with Crippen LogP contribution in [-0.4, -0.2) is 59.2 Å². The topological polar surface area (TPSA) is 103 Å². The van der Waals surface area contributed by atoms with Gasteiger partial charge in [-0.05, 0) is 49.1 Å². The third kappa shape index (κ3) is 5.17. The summed E-state index contributed by atoms with van der Waals surface area (Å²) in [7, 11) is -0.752. The lowest BCUT2D eigenvalue weighted by Crippen LogP contribution is -2.48. The maximum absolute atomic E-state index is 12.8. The first-order chi connectivity index (χ1) is 15.9. The number of sulfonamides is 1. The summed E-state index contributed by atoms with van der Waals surface area (Å²) in [6.07, 6.45) is 2.40. The van der Waals surface area contributed by atoms with Crippen molar-refractivity contribution in [2.75, 3.05) is 33.9 Å². The van der Waals surface area contributed by atoms with E-state index in [-0.39, 0.29) is 24.0 Å². The fraction of sp³-hybridized carbons (Fsp3) is 0.435. The lowest BCUT2D eigenvalue weighted by atomic mass is 10.1. The lowest BCUT2D eigenvalue weighted by molar-refractivity contribution is -0.142. The molecule has 2 heterocycles. The zero-order valence-corrected chi connectivity index (χ0v) is 19.5. The minimum atomic E-state index is -3.81. The average Bonchev–Trinajstić information content (AvgIpc) is 2.86. The van der Waals surface area contributed by atoms with Crippen LogP contribution in [0, 0.1) is 0 Å². The minimum absolute atomic E-state index is 0.0465. The van der Waals surface area contributed by atoms with Crippen molar-refractivity contribution in [3.05, 3.63) is 42.0 Å². The van der Waals surface area contributed by atoms with Crippen LogP contribution in [0.5, 0.6) is 23.0 Å². The third-order valence-corrected chi connectivity index (χ3v) is 7.14. The van der Waals surface area contributed by atoms with Gasteiger partial charge in [0.2, 0.25) is 16.1 Å². The molecular formula is C23H28N2O7S. The van der Waals surface area contributed by atoms with E-state index in [1.807, 2.05) is 0 Å². The van der Waals surface area contributed by atoms with E-state index >= 15 is 0 Å². The third-order valence-electron chi connectivity index (χ3n) is 5.74. The molecule has 2 aromatic rings. The molecule has 1 saturated heterocycles. The molecule has 178 valence electrons. The van der Waals surface area contributed by atoms with Crippen LogP contribution in [0.2, 0.25) is 0 Å². The SMILES string of the molecule is COc1ccc(CNS(=O)(=O)c2ccc3c(c2)OCC(C(=O)N2CCCCC2)O3)cc1OC. The zero-order chi connectivity index (χ0) is 23.4. The molecule has 33 heavy (non-hydrogen) atoms. The molecule has 0 bridgehead atoms. The van der Waals surface area contributed by atoms with Crippen LogP contribution in [0.15, 0.2) is 41.3 Å². The number of ether oxygens (including phenoxy) is 4. The molecule has 4 rings (SSSR count). The number of methoxy groups -OCH3 is 2. The van der Waals surface area contributed by atoms with Gasteiger partial charge in [0.15, 0.2) is 23.0 Å². The molecule has 0 radical (unpaired) electrons. The van der Waals surface area contributed by atoms with Gasteiger partial charge < -0.3 is 23.8 Å². The molecule has 2 aromatic carbocycles. The number of hydrogen-bond acceptors (Lipinski definition) is 7.